The number of hydrogen-bond donors (Lipinski definition) is 2. The molecule has 0 saturated carbocycles. The van der Waals surface area contributed by atoms with Gasteiger partial charge in [-0.05, 0) is 17.7 Å². The Bertz CT molecular complexity index is 601. The Hall–Kier alpha value is -2.37. The molecule has 1 aromatic heterocycles. The number of carbonyl (C=O) groups is 1. The molecule has 0 atom stereocenters. The first-order valence-electron chi connectivity index (χ1n) is 6.94. The highest BCUT2D eigenvalue weighted by molar-refractivity contribution is 5.90. The van der Waals surface area contributed by atoms with Gasteiger partial charge in [-0.15, -0.1) is 5.10 Å². The van der Waals surface area contributed by atoms with Gasteiger partial charge in [0, 0.05) is 32.2 Å². The average molecular weight is 287 g/mol. The van der Waals surface area contributed by atoms with E-state index >= 15 is 0 Å². The second-order valence-electron chi connectivity index (χ2n) is 5.44. The summed E-state index contributed by atoms with van der Waals surface area (Å²) in [5, 5.41) is 9.53. The lowest BCUT2D eigenvalue weighted by molar-refractivity contribution is 0.0941. The molecule has 0 aliphatic carbocycles. The quantitative estimate of drug-likeness (QED) is 0.881. The molecule has 6 nitrogen and oxygen atoms in total. The zero-order valence-corrected chi connectivity index (χ0v) is 12.8. The normalized spacial score (nSPS) is 10.7. The number of benzene rings is 1. The van der Waals surface area contributed by atoms with E-state index in [0.29, 0.717) is 6.54 Å². The van der Waals surface area contributed by atoms with Crippen LogP contribution < -0.4 is 10.2 Å². The molecule has 2 rings (SSSR count). The number of anilines is 1. The molecule has 0 spiro atoms. The van der Waals surface area contributed by atoms with Crippen LogP contribution in [-0.2, 0) is 6.54 Å². The molecule has 0 bridgehead atoms. The molecule has 1 heterocycles. The summed E-state index contributed by atoms with van der Waals surface area (Å²) in [6, 6.07) is 8.02. The van der Waals surface area contributed by atoms with Gasteiger partial charge in [0.2, 0.25) is 5.82 Å². The lowest BCUT2D eigenvalue weighted by atomic mass is 10.2. The van der Waals surface area contributed by atoms with E-state index in [4.69, 9.17) is 0 Å². The molecule has 2 N–H and O–H groups in total. The van der Waals surface area contributed by atoms with E-state index in [1.807, 2.05) is 57.1 Å². The van der Waals surface area contributed by atoms with Crippen LogP contribution in [-0.4, -0.2) is 35.2 Å². The predicted octanol–water partition coefficient (Wildman–Crippen LogP) is 1.92. The minimum atomic E-state index is -0.269. The van der Waals surface area contributed by atoms with E-state index in [9.17, 15) is 4.79 Å². The Morgan fingerprint density at radius 1 is 1.29 bits per heavy atom. The lowest BCUT2D eigenvalue weighted by Gasteiger charge is -2.12. The molecule has 0 saturated heterocycles. The fraction of sp³-hybridized carbons (Fsp3) is 0.400. The van der Waals surface area contributed by atoms with Crippen molar-refractivity contribution < 1.29 is 4.79 Å². The smallest absolute Gasteiger partial charge is 0.291 e. The molecular weight excluding hydrogens is 266 g/mol. The van der Waals surface area contributed by atoms with Crippen LogP contribution >= 0.6 is 0 Å². The van der Waals surface area contributed by atoms with Crippen LogP contribution in [0.2, 0.25) is 0 Å². The molecule has 0 fully saturated rings. The number of carbonyl (C=O) groups excluding carboxylic acids is 1. The zero-order chi connectivity index (χ0) is 15.4. The minimum Gasteiger partial charge on any atom is -0.378 e. The topological polar surface area (TPSA) is 73.9 Å². The summed E-state index contributed by atoms with van der Waals surface area (Å²) in [4.78, 5) is 18.2. The van der Waals surface area contributed by atoms with Gasteiger partial charge >= 0.3 is 0 Å². The van der Waals surface area contributed by atoms with Crippen molar-refractivity contribution in [2.24, 2.45) is 0 Å². The highest BCUT2D eigenvalue weighted by atomic mass is 16.2. The maximum atomic E-state index is 12.0. The molecule has 112 valence electrons. The van der Waals surface area contributed by atoms with Crippen molar-refractivity contribution in [1.82, 2.24) is 20.5 Å². The predicted molar refractivity (Wildman–Crippen MR) is 82.4 cm³/mol. The molecular formula is C15H21N5O. The third-order valence-electron chi connectivity index (χ3n) is 3.16. The van der Waals surface area contributed by atoms with Gasteiger partial charge in [-0.2, -0.15) is 0 Å². The first-order valence-corrected chi connectivity index (χ1v) is 6.94. The van der Waals surface area contributed by atoms with E-state index in [2.05, 4.69) is 20.5 Å². The monoisotopic (exact) mass is 287 g/mol. The van der Waals surface area contributed by atoms with E-state index in [1.54, 1.807) is 0 Å². The largest absolute Gasteiger partial charge is 0.378 e. The fourth-order valence-electron chi connectivity index (χ4n) is 1.81. The second-order valence-corrected chi connectivity index (χ2v) is 5.44. The fourth-order valence-corrected chi connectivity index (χ4v) is 1.81. The third kappa shape index (κ3) is 3.81. The van der Waals surface area contributed by atoms with Crippen molar-refractivity contribution in [3.05, 3.63) is 41.5 Å². The van der Waals surface area contributed by atoms with Gasteiger partial charge in [-0.25, -0.2) is 4.98 Å². The van der Waals surface area contributed by atoms with E-state index in [0.717, 1.165) is 17.1 Å². The number of nitrogens with one attached hydrogen (secondary N) is 2. The molecule has 1 amide bonds. The van der Waals surface area contributed by atoms with Crippen LogP contribution in [0.5, 0.6) is 0 Å². The Morgan fingerprint density at radius 2 is 1.95 bits per heavy atom. The van der Waals surface area contributed by atoms with Crippen LogP contribution in [0.25, 0.3) is 0 Å². The third-order valence-corrected chi connectivity index (χ3v) is 3.16. The van der Waals surface area contributed by atoms with Gasteiger partial charge < -0.3 is 10.2 Å². The number of aromatic nitrogens is 3. The maximum Gasteiger partial charge on any atom is 0.291 e. The Morgan fingerprint density at radius 3 is 2.48 bits per heavy atom. The molecule has 0 radical (unpaired) electrons. The Labute approximate surface area is 124 Å². The van der Waals surface area contributed by atoms with E-state index < -0.39 is 0 Å². The van der Waals surface area contributed by atoms with Crippen LogP contribution in [0, 0.1) is 0 Å². The summed E-state index contributed by atoms with van der Waals surface area (Å²) in [6.07, 6.45) is 0. The van der Waals surface area contributed by atoms with Gasteiger partial charge in [-0.3, -0.25) is 9.89 Å². The number of hydrogen-bond acceptors (Lipinski definition) is 4. The van der Waals surface area contributed by atoms with Crippen molar-refractivity contribution >= 4 is 11.6 Å². The van der Waals surface area contributed by atoms with Crippen molar-refractivity contribution in [2.75, 3.05) is 19.0 Å². The van der Waals surface area contributed by atoms with Gasteiger partial charge in [-0.1, -0.05) is 26.0 Å². The average Bonchev–Trinajstić information content (AvgIpc) is 2.95. The first-order chi connectivity index (χ1) is 9.97. The van der Waals surface area contributed by atoms with Gasteiger partial charge in [0.25, 0.3) is 5.91 Å². The summed E-state index contributed by atoms with van der Waals surface area (Å²) < 4.78 is 0. The summed E-state index contributed by atoms with van der Waals surface area (Å²) >= 11 is 0. The van der Waals surface area contributed by atoms with Crippen LogP contribution in [0.15, 0.2) is 24.3 Å². The maximum absolute atomic E-state index is 12.0. The van der Waals surface area contributed by atoms with E-state index in [-0.39, 0.29) is 17.6 Å². The van der Waals surface area contributed by atoms with Crippen molar-refractivity contribution in [3.63, 3.8) is 0 Å². The van der Waals surface area contributed by atoms with Gasteiger partial charge in [0.15, 0.2) is 0 Å². The Balaban J connectivity index is 1.94. The molecule has 0 aliphatic heterocycles. The molecule has 21 heavy (non-hydrogen) atoms. The SMILES string of the molecule is CC(C)c1nc(C(=O)NCc2ccc(N(C)C)cc2)n[nH]1. The van der Waals surface area contributed by atoms with Crippen molar-refractivity contribution in [1.29, 1.82) is 0 Å². The van der Waals surface area contributed by atoms with Crippen molar-refractivity contribution in [2.45, 2.75) is 26.3 Å². The van der Waals surface area contributed by atoms with Gasteiger partial charge in [0.05, 0.1) is 0 Å². The first kappa shape index (κ1) is 15.0. The molecule has 6 heteroatoms. The highest BCUT2D eigenvalue weighted by Crippen LogP contribution is 2.12. The summed E-state index contributed by atoms with van der Waals surface area (Å²) in [5.41, 5.74) is 2.16. The summed E-state index contributed by atoms with van der Waals surface area (Å²) in [7, 11) is 3.98. The minimum absolute atomic E-state index is 0.184. The number of aromatic amines is 1. The Kier molecular flexibility index (Phi) is 4.57. The van der Waals surface area contributed by atoms with Crippen molar-refractivity contribution in [3.8, 4) is 0 Å². The lowest BCUT2D eigenvalue weighted by Crippen LogP contribution is -2.24. The summed E-state index contributed by atoms with van der Waals surface area (Å²) in [6.45, 7) is 4.45. The standard InChI is InChI=1S/C15H21N5O/c1-10(2)13-17-14(19-18-13)15(21)16-9-11-5-7-12(8-6-11)20(3)4/h5-8,10H,9H2,1-4H3,(H,16,21)(H,17,18,19). The number of H-pyrrole nitrogens is 1. The molecule has 1 aromatic carbocycles. The number of amides is 1. The van der Waals surface area contributed by atoms with Crippen LogP contribution in [0.1, 0.15) is 41.8 Å². The summed E-state index contributed by atoms with van der Waals surface area (Å²) in [5.74, 6) is 0.853. The van der Waals surface area contributed by atoms with Gasteiger partial charge in [0.1, 0.15) is 5.82 Å². The molecule has 0 unspecified atom stereocenters. The van der Waals surface area contributed by atoms with Crippen LogP contribution in [0.4, 0.5) is 5.69 Å². The zero-order valence-electron chi connectivity index (χ0n) is 12.8. The molecule has 2 aromatic rings. The molecule has 0 aliphatic rings. The van der Waals surface area contributed by atoms with E-state index in [1.165, 1.54) is 0 Å². The van der Waals surface area contributed by atoms with Crippen LogP contribution in [0.3, 0.4) is 0 Å². The highest BCUT2D eigenvalue weighted by Gasteiger charge is 2.13. The number of rotatable bonds is 5. The number of nitrogens with zero attached hydrogens (tertiary/aromatic N) is 3. The second kappa shape index (κ2) is 6.39.